The van der Waals surface area contributed by atoms with E-state index in [9.17, 15) is 4.79 Å². The molecule has 2 rings (SSSR count). The van der Waals surface area contributed by atoms with E-state index in [2.05, 4.69) is 4.98 Å². The monoisotopic (exact) mass is 276 g/mol. The Morgan fingerprint density at radius 3 is 2.60 bits per heavy atom. The van der Waals surface area contributed by atoms with E-state index in [0.29, 0.717) is 6.42 Å². The molecule has 4 heteroatoms. The zero-order valence-corrected chi connectivity index (χ0v) is 12.7. The quantitative estimate of drug-likeness (QED) is 0.917. The summed E-state index contributed by atoms with van der Waals surface area (Å²) in [6.45, 7) is 3.90. The molecule has 20 heavy (non-hydrogen) atoms. The number of nitrogens with zero attached hydrogens (tertiary/aromatic N) is 1. The summed E-state index contributed by atoms with van der Waals surface area (Å²) < 4.78 is 5.39. The molecule has 4 nitrogen and oxygen atoms in total. The summed E-state index contributed by atoms with van der Waals surface area (Å²) in [6, 6.07) is 0. The number of Topliss-reactive ketones (excluding diaryl/α,β-unsaturated/α-hetero) is 1. The van der Waals surface area contributed by atoms with Crippen molar-refractivity contribution >= 4 is 5.78 Å². The highest BCUT2D eigenvalue weighted by Gasteiger charge is 2.35. The second-order valence-corrected chi connectivity index (χ2v) is 5.86. The van der Waals surface area contributed by atoms with Crippen LogP contribution in [0.15, 0.2) is 6.20 Å². The summed E-state index contributed by atoms with van der Waals surface area (Å²) in [6.07, 6.45) is 6.94. The van der Waals surface area contributed by atoms with Crippen molar-refractivity contribution < 1.29 is 9.53 Å². The number of hydrogen-bond donors (Lipinski definition) is 1. The van der Waals surface area contributed by atoms with Crippen LogP contribution in [0.5, 0.6) is 5.75 Å². The Morgan fingerprint density at radius 2 is 2.00 bits per heavy atom. The van der Waals surface area contributed by atoms with Crippen LogP contribution in [-0.4, -0.2) is 23.4 Å². The van der Waals surface area contributed by atoms with E-state index in [1.165, 1.54) is 6.42 Å². The van der Waals surface area contributed by atoms with Crippen LogP contribution in [0.2, 0.25) is 0 Å². The standard InChI is InChI=1S/C16H24N2O2/c1-11-10-18-13(12(2)15(11)20-3)9-14(19)16(17)7-5-4-6-8-16/h10H,4-9,17H2,1-3H3. The number of nitrogens with two attached hydrogens (primary N) is 1. The minimum Gasteiger partial charge on any atom is -0.496 e. The SMILES string of the molecule is COc1c(C)cnc(CC(=O)C2(N)CCCCC2)c1C. The predicted octanol–water partition coefficient (Wildman–Crippen LogP) is 2.48. The van der Waals surface area contributed by atoms with E-state index in [-0.39, 0.29) is 5.78 Å². The van der Waals surface area contributed by atoms with Gasteiger partial charge in [0.2, 0.25) is 0 Å². The second-order valence-electron chi connectivity index (χ2n) is 5.86. The van der Waals surface area contributed by atoms with Gasteiger partial charge in [0.25, 0.3) is 0 Å². The summed E-state index contributed by atoms with van der Waals surface area (Å²) in [5.74, 6) is 0.927. The normalized spacial score (nSPS) is 17.8. The summed E-state index contributed by atoms with van der Waals surface area (Å²) in [5, 5.41) is 0. The molecule has 1 fully saturated rings. The van der Waals surface area contributed by atoms with Gasteiger partial charge >= 0.3 is 0 Å². The molecular weight excluding hydrogens is 252 g/mol. The van der Waals surface area contributed by atoms with Crippen LogP contribution < -0.4 is 10.5 Å². The number of aryl methyl sites for hydroxylation is 1. The maximum atomic E-state index is 12.5. The third-order valence-corrected chi connectivity index (χ3v) is 4.38. The summed E-state index contributed by atoms with van der Waals surface area (Å²) in [5.41, 5.74) is 8.36. The molecule has 1 aliphatic carbocycles. The second kappa shape index (κ2) is 5.92. The lowest BCUT2D eigenvalue weighted by atomic mass is 9.78. The molecule has 1 aromatic rings. The largest absolute Gasteiger partial charge is 0.496 e. The lowest BCUT2D eigenvalue weighted by Crippen LogP contribution is -2.50. The molecular formula is C16H24N2O2. The smallest absolute Gasteiger partial charge is 0.158 e. The number of ether oxygens (including phenoxy) is 1. The molecule has 2 N–H and O–H groups in total. The van der Waals surface area contributed by atoms with Gasteiger partial charge in [-0.1, -0.05) is 19.3 Å². The first-order valence-corrected chi connectivity index (χ1v) is 7.29. The van der Waals surface area contributed by atoms with E-state index in [4.69, 9.17) is 10.5 Å². The van der Waals surface area contributed by atoms with E-state index >= 15 is 0 Å². The van der Waals surface area contributed by atoms with Gasteiger partial charge in [-0.25, -0.2) is 0 Å². The van der Waals surface area contributed by atoms with E-state index < -0.39 is 5.54 Å². The molecule has 0 saturated heterocycles. The molecule has 1 heterocycles. The number of rotatable bonds is 4. The number of carbonyl (C=O) groups is 1. The van der Waals surface area contributed by atoms with Gasteiger partial charge in [-0.15, -0.1) is 0 Å². The summed E-state index contributed by atoms with van der Waals surface area (Å²) in [4.78, 5) is 16.9. The van der Waals surface area contributed by atoms with Crippen LogP contribution >= 0.6 is 0 Å². The fraction of sp³-hybridized carbons (Fsp3) is 0.625. The van der Waals surface area contributed by atoms with Gasteiger partial charge in [0.1, 0.15) is 5.75 Å². The number of aromatic nitrogens is 1. The zero-order valence-electron chi connectivity index (χ0n) is 12.7. The van der Waals surface area contributed by atoms with Gasteiger partial charge in [-0.3, -0.25) is 9.78 Å². The van der Waals surface area contributed by atoms with Crippen molar-refractivity contribution in [1.82, 2.24) is 4.98 Å². The molecule has 0 bridgehead atoms. The fourth-order valence-corrected chi connectivity index (χ4v) is 3.04. The lowest BCUT2D eigenvalue weighted by Gasteiger charge is -2.32. The highest BCUT2D eigenvalue weighted by Crippen LogP contribution is 2.29. The number of ketones is 1. The highest BCUT2D eigenvalue weighted by atomic mass is 16.5. The average Bonchev–Trinajstić information content (AvgIpc) is 2.43. The minimum absolute atomic E-state index is 0.110. The number of methoxy groups -OCH3 is 1. The Bertz CT molecular complexity index is 505. The molecule has 0 aromatic carbocycles. The first kappa shape index (κ1) is 15.0. The lowest BCUT2D eigenvalue weighted by molar-refractivity contribution is -0.124. The minimum atomic E-state index is -0.648. The molecule has 0 atom stereocenters. The molecule has 0 unspecified atom stereocenters. The van der Waals surface area contributed by atoms with Crippen LogP contribution in [0.3, 0.4) is 0 Å². The molecule has 0 amide bonds. The maximum Gasteiger partial charge on any atom is 0.158 e. The Hall–Kier alpha value is -1.42. The summed E-state index contributed by atoms with van der Waals surface area (Å²) in [7, 11) is 1.65. The number of carbonyl (C=O) groups excluding carboxylic acids is 1. The van der Waals surface area contributed by atoms with Crippen molar-refractivity contribution in [3.8, 4) is 5.75 Å². The maximum absolute atomic E-state index is 12.5. The van der Waals surface area contributed by atoms with Crippen molar-refractivity contribution in [2.24, 2.45) is 5.73 Å². The first-order valence-electron chi connectivity index (χ1n) is 7.29. The van der Waals surface area contributed by atoms with Crippen LogP contribution in [0.1, 0.15) is 48.9 Å². The molecule has 0 spiro atoms. The van der Waals surface area contributed by atoms with Crippen LogP contribution in [0, 0.1) is 13.8 Å². The van der Waals surface area contributed by atoms with Crippen molar-refractivity contribution in [1.29, 1.82) is 0 Å². The third kappa shape index (κ3) is 2.85. The van der Waals surface area contributed by atoms with Gasteiger partial charge in [-0.2, -0.15) is 0 Å². The van der Waals surface area contributed by atoms with Gasteiger partial charge in [-0.05, 0) is 26.7 Å². The number of hydrogen-bond acceptors (Lipinski definition) is 4. The molecule has 1 aliphatic rings. The Labute approximate surface area is 120 Å². The first-order chi connectivity index (χ1) is 9.48. The van der Waals surface area contributed by atoms with Crippen molar-refractivity contribution in [3.05, 3.63) is 23.0 Å². The predicted molar refractivity (Wildman–Crippen MR) is 79.0 cm³/mol. The van der Waals surface area contributed by atoms with E-state index in [0.717, 1.165) is 48.3 Å². The van der Waals surface area contributed by atoms with E-state index in [1.54, 1.807) is 13.3 Å². The fourth-order valence-electron chi connectivity index (χ4n) is 3.04. The van der Waals surface area contributed by atoms with Gasteiger partial charge in [0, 0.05) is 17.3 Å². The highest BCUT2D eigenvalue weighted by molar-refractivity contribution is 5.90. The van der Waals surface area contributed by atoms with Crippen molar-refractivity contribution in [3.63, 3.8) is 0 Å². The van der Waals surface area contributed by atoms with Crippen LogP contribution in [0.25, 0.3) is 0 Å². The number of pyridine rings is 1. The molecule has 0 radical (unpaired) electrons. The van der Waals surface area contributed by atoms with Crippen LogP contribution in [-0.2, 0) is 11.2 Å². The Balaban J connectivity index is 2.19. The van der Waals surface area contributed by atoms with Gasteiger partial charge < -0.3 is 10.5 Å². The van der Waals surface area contributed by atoms with Crippen molar-refractivity contribution in [2.45, 2.75) is 57.9 Å². The summed E-state index contributed by atoms with van der Waals surface area (Å²) >= 11 is 0. The van der Waals surface area contributed by atoms with Crippen LogP contribution in [0.4, 0.5) is 0 Å². The molecule has 0 aliphatic heterocycles. The Morgan fingerprint density at radius 1 is 1.35 bits per heavy atom. The average molecular weight is 276 g/mol. The molecule has 110 valence electrons. The zero-order chi connectivity index (χ0) is 14.8. The third-order valence-electron chi connectivity index (χ3n) is 4.38. The molecule has 1 aromatic heterocycles. The molecule has 1 saturated carbocycles. The van der Waals surface area contributed by atoms with Crippen molar-refractivity contribution in [2.75, 3.05) is 7.11 Å². The topological polar surface area (TPSA) is 65.2 Å². The Kier molecular flexibility index (Phi) is 4.43. The van der Waals surface area contributed by atoms with E-state index in [1.807, 2.05) is 13.8 Å². The van der Waals surface area contributed by atoms with Gasteiger partial charge in [0.05, 0.1) is 24.8 Å². The van der Waals surface area contributed by atoms with Gasteiger partial charge in [0.15, 0.2) is 5.78 Å².